The van der Waals surface area contributed by atoms with Gasteiger partial charge in [0.15, 0.2) is 0 Å². The van der Waals surface area contributed by atoms with Gasteiger partial charge in [0.05, 0.1) is 7.11 Å². The number of primary amides is 1. The second-order valence-corrected chi connectivity index (χ2v) is 4.14. The molecule has 0 aromatic heterocycles. The Morgan fingerprint density at radius 1 is 1.42 bits per heavy atom. The number of hydrogen-bond donors (Lipinski definition) is 1. The summed E-state index contributed by atoms with van der Waals surface area (Å²) in [4.78, 5) is 28.2. The second-order valence-electron chi connectivity index (χ2n) is 4.14. The molecule has 1 heterocycles. The van der Waals surface area contributed by atoms with Crippen molar-refractivity contribution in [2.75, 3.05) is 20.7 Å². The van der Waals surface area contributed by atoms with Crippen LogP contribution in [0.4, 0.5) is 0 Å². The Morgan fingerprint density at radius 3 is 2.58 bits per heavy atom. The fraction of sp³-hybridized carbons (Fsp3) is 0.333. The van der Waals surface area contributed by atoms with E-state index < -0.39 is 11.9 Å². The van der Waals surface area contributed by atoms with E-state index in [0.717, 1.165) is 10.6 Å². The first-order valence-electron chi connectivity index (χ1n) is 5.67. The fourth-order valence-corrected chi connectivity index (χ4v) is 1.92. The van der Waals surface area contributed by atoms with E-state index in [4.69, 9.17) is 15.4 Å². The first-order valence-corrected chi connectivity index (χ1v) is 5.67. The monoisotopic (exact) mass is 265 g/mol. The maximum absolute atomic E-state index is 12.1. The maximum Gasteiger partial charge on any atom is 0.272 e. The van der Waals surface area contributed by atoms with E-state index >= 15 is 0 Å². The molecule has 1 atom stereocenters. The van der Waals surface area contributed by atoms with Gasteiger partial charge < -0.3 is 10.5 Å². The zero-order valence-electron chi connectivity index (χ0n) is 10.7. The smallest absolute Gasteiger partial charge is 0.272 e. The Morgan fingerprint density at radius 2 is 2.05 bits per heavy atom. The molecule has 1 unspecified atom stereocenters. The van der Waals surface area contributed by atoms with Gasteiger partial charge in [0.25, 0.3) is 5.91 Å². The van der Waals surface area contributed by atoms with Crippen LogP contribution in [0.5, 0.6) is 5.75 Å². The summed E-state index contributed by atoms with van der Waals surface area (Å²) in [6, 6.07) is 6.47. The Bertz CT molecular complexity index is 488. The lowest BCUT2D eigenvalue weighted by Gasteiger charge is -2.13. The Kier molecular flexibility index (Phi) is 3.68. The number of methoxy groups -OCH3 is 1. The third kappa shape index (κ3) is 2.67. The largest absolute Gasteiger partial charge is 0.497 e. The van der Waals surface area contributed by atoms with Crippen molar-refractivity contribution in [2.24, 2.45) is 5.73 Å². The minimum Gasteiger partial charge on any atom is -0.497 e. The molecule has 1 fully saturated rings. The van der Waals surface area contributed by atoms with Crippen molar-refractivity contribution in [3.8, 4) is 5.75 Å². The van der Waals surface area contributed by atoms with E-state index in [9.17, 15) is 9.59 Å². The van der Waals surface area contributed by atoms with Gasteiger partial charge in [-0.2, -0.15) is 10.0 Å². The minimum absolute atomic E-state index is 0.268. The molecule has 0 aliphatic carbocycles. The van der Waals surface area contributed by atoms with E-state index in [1.165, 1.54) is 5.06 Å². The molecule has 0 bridgehead atoms. The van der Waals surface area contributed by atoms with E-state index in [1.807, 2.05) is 0 Å². The standard InChI is InChI=1S/C12H15N3O4/c1-14-11(8-3-5-9(18-2)6-4-8)12(17)15(19-14)7-10(13)16/h3-6,11H,7H2,1-2H3,(H2,13,16). The van der Waals surface area contributed by atoms with Crippen molar-refractivity contribution in [1.82, 2.24) is 10.1 Å². The normalized spacial score (nSPS) is 19.8. The minimum atomic E-state index is -0.628. The number of amides is 2. The second kappa shape index (κ2) is 5.25. The van der Waals surface area contributed by atoms with Crippen LogP contribution < -0.4 is 10.5 Å². The summed E-state index contributed by atoms with van der Waals surface area (Å²) in [6.07, 6.45) is 0. The van der Waals surface area contributed by atoms with Crippen LogP contribution in [0.2, 0.25) is 0 Å². The van der Waals surface area contributed by atoms with E-state index in [2.05, 4.69) is 0 Å². The predicted octanol–water partition coefficient (Wildman–Crippen LogP) is -0.158. The van der Waals surface area contributed by atoms with Gasteiger partial charge in [-0.3, -0.25) is 9.59 Å². The van der Waals surface area contributed by atoms with Crippen LogP contribution in [-0.4, -0.2) is 42.6 Å². The third-order valence-corrected chi connectivity index (χ3v) is 2.80. The molecule has 1 aromatic carbocycles. The molecule has 2 amide bonds. The number of carbonyl (C=O) groups excluding carboxylic acids is 2. The molecule has 1 aromatic rings. The number of carbonyl (C=O) groups is 2. The fourth-order valence-electron chi connectivity index (χ4n) is 1.92. The zero-order valence-corrected chi connectivity index (χ0v) is 10.7. The molecule has 7 heteroatoms. The lowest BCUT2D eigenvalue weighted by atomic mass is 10.1. The van der Waals surface area contributed by atoms with Gasteiger partial charge in [0.2, 0.25) is 5.91 Å². The van der Waals surface area contributed by atoms with Gasteiger partial charge in [-0.15, -0.1) is 5.06 Å². The molecular formula is C12H15N3O4. The molecule has 0 saturated carbocycles. The number of rotatable bonds is 4. The topological polar surface area (TPSA) is 85.1 Å². The molecular weight excluding hydrogens is 250 g/mol. The van der Waals surface area contributed by atoms with E-state index in [1.54, 1.807) is 38.4 Å². The first-order chi connectivity index (χ1) is 9.02. The SMILES string of the molecule is COc1ccc(C2C(=O)N(CC(N)=O)ON2C)cc1. The Balaban J connectivity index is 2.19. The third-order valence-electron chi connectivity index (χ3n) is 2.80. The Hall–Kier alpha value is -2.12. The highest BCUT2D eigenvalue weighted by molar-refractivity contribution is 5.87. The summed E-state index contributed by atoms with van der Waals surface area (Å²) >= 11 is 0. The lowest BCUT2D eigenvalue weighted by Crippen LogP contribution is -2.34. The van der Waals surface area contributed by atoms with Gasteiger partial charge >= 0.3 is 0 Å². The number of hydroxylamine groups is 4. The van der Waals surface area contributed by atoms with Crippen LogP contribution in [0.25, 0.3) is 0 Å². The number of nitrogens with zero attached hydrogens (tertiary/aromatic N) is 2. The number of benzene rings is 1. The van der Waals surface area contributed by atoms with Crippen LogP contribution in [-0.2, 0) is 14.5 Å². The highest BCUT2D eigenvalue weighted by atomic mass is 16.9. The summed E-state index contributed by atoms with van der Waals surface area (Å²) in [6.45, 7) is -0.268. The average molecular weight is 265 g/mol. The van der Waals surface area contributed by atoms with Crippen molar-refractivity contribution in [3.63, 3.8) is 0 Å². The summed E-state index contributed by atoms with van der Waals surface area (Å²) in [5.74, 6) is -0.254. The van der Waals surface area contributed by atoms with Crippen LogP contribution in [0.1, 0.15) is 11.6 Å². The molecule has 19 heavy (non-hydrogen) atoms. The molecule has 1 saturated heterocycles. The van der Waals surface area contributed by atoms with Crippen LogP contribution >= 0.6 is 0 Å². The molecule has 1 aliphatic heterocycles. The predicted molar refractivity (Wildman–Crippen MR) is 65.5 cm³/mol. The van der Waals surface area contributed by atoms with Crippen LogP contribution in [0.3, 0.4) is 0 Å². The molecule has 2 N–H and O–H groups in total. The number of likely N-dealkylation sites (N-methyl/N-ethyl adjacent to an activating group) is 1. The van der Waals surface area contributed by atoms with Crippen LogP contribution in [0.15, 0.2) is 24.3 Å². The summed E-state index contributed by atoms with van der Waals surface area (Å²) in [7, 11) is 3.19. The Labute approximate surface area is 110 Å². The summed E-state index contributed by atoms with van der Waals surface area (Å²) in [5.41, 5.74) is 5.80. The van der Waals surface area contributed by atoms with Gasteiger partial charge in [0, 0.05) is 7.05 Å². The molecule has 2 rings (SSSR count). The van der Waals surface area contributed by atoms with Crippen molar-refractivity contribution in [2.45, 2.75) is 6.04 Å². The van der Waals surface area contributed by atoms with Gasteiger partial charge in [0.1, 0.15) is 18.3 Å². The summed E-state index contributed by atoms with van der Waals surface area (Å²) in [5, 5.41) is 2.34. The molecule has 0 radical (unpaired) electrons. The highest BCUT2D eigenvalue weighted by Crippen LogP contribution is 2.29. The van der Waals surface area contributed by atoms with Crippen molar-refractivity contribution in [3.05, 3.63) is 29.8 Å². The first kappa shape index (κ1) is 13.3. The van der Waals surface area contributed by atoms with Crippen molar-refractivity contribution < 1.29 is 19.3 Å². The van der Waals surface area contributed by atoms with E-state index in [-0.39, 0.29) is 12.5 Å². The van der Waals surface area contributed by atoms with Gasteiger partial charge in [-0.25, -0.2) is 0 Å². The molecule has 0 spiro atoms. The number of ether oxygens (including phenoxy) is 1. The average Bonchev–Trinajstić information content (AvgIpc) is 2.64. The lowest BCUT2D eigenvalue weighted by molar-refractivity contribution is -0.259. The zero-order chi connectivity index (χ0) is 14.0. The highest BCUT2D eigenvalue weighted by Gasteiger charge is 2.39. The van der Waals surface area contributed by atoms with Gasteiger partial charge in [-0.05, 0) is 17.7 Å². The van der Waals surface area contributed by atoms with Crippen molar-refractivity contribution in [1.29, 1.82) is 0 Å². The number of hydrogen-bond acceptors (Lipinski definition) is 5. The summed E-state index contributed by atoms with van der Waals surface area (Å²) < 4.78 is 5.06. The maximum atomic E-state index is 12.1. The van der Waals surface area contributed by atoms with Gasteiger partial charge in [-0.1, -0.05) is 12.1 Å². The van der Waals surface area contributed by atoms with E-state index in [0.29, 0.717) is 5.75 Å². The number of nitrogens with two attached hydrogens (primary N) is 1. The quantitative estimate of drug-likeness (QED) is 0.817. The molecule has 102 valence electrons. The van der Waals surface area contributed by atoms with Crippen LogP contribution in [0, 0.1) is 0 Å². The molecule has 1 aliphatic rings. The molecule has 7 nitrogen and oxygen atoms in total. The van der Waals surface area contributed by atoms with Crippen molar-refractivity contribution >= 4 is 11.8 Å².